The maximum atomic E-state index is 3.66. The third-order valence-electron chi connectivity index (χ3n) is 8.49. The molecule has 0 unspecified atom stereocenters. The van der Waals surface area contributed by atoms with Crippen LogP contribution in [0.1, 0.15) is 139 Å². The number of nitrogens with one attached hydrogen (secondary N) is 2. The van der Waals surface area contributed by atoms with Crippen molar-refractivity contribution in [2.24, 2.45) is 0 Å². The summed E-state index contributed by atoms with van der Waals surface area (Å²) in [6, 6.07) is 28.3. The highest BCUT2D eigenvalue weighted by atomic mass is 14.9. The summed E-state index contributed by atoms with van der Waals surface area (Å²) >= 11 is 0. The lowest BCUT2D eigenvalue weighted by molar-refractivity contribution is 0.525. The lowest BCUT2D eigenvalue weighted by atomic mass is 10.0. The van der Waals surface area contributed by atoms with Crippen LogP contribution < -0.4 is 10.6 Å². The molecule has 0 fully saturated rings. The number of anilines is 2. The summed E-state index contributed by atoms with van der Waals surface area (Å²) in [5, 5.41) is 7.32. The van der Waals surface area contributed by atoms with E-state index in [9.17, 15) is 0 Å². The van der Waals surface area contributed by atoms with Crippen LogP contribution in [0.4, 0.5) is 11.4 Å². The maximum absolute atomic E-state index is 3.66. The van der Waals surface area contributed by atoms with Crippen LogP contribution in [-0.4, -0.2) is 0 Å². The Morgan fingerprint density at radius 2 is 0.738 bits per heavy atom. The Balaban J connectivity index is 1.26. The highest BCUT2D eigenvalue weighted by Crippen LogP contribution is 2.23. The zero-order valence-electron chi connectivity index (χ0n) is 26.9. The molecule has 0 radical (unpaired) electrons. The molecule has 0 aromatic heterocycles. The molecule has 0 heterocycles. The second kappa shape index (κ2) is 22.8. The van der Waals surface area contributed by atoms with E-state index in [0.29, 0.717) is 0 Å². The fourth-order valence-electron chi connectivity index (χ4n) is 5.87. The minimum atomic E-state index is 0.849. The van der Waals surface area contributed by atoms with E-state index in [1.54, 1.807) is 0 Å². The largest absolute Gasteiger partial charge is 0.381 e. The van der Waals surface area contributed by atoms with Gasteiger partial charge in [0.25, 0.3) is 0 Å². The average Bonchev–Trinajstić information content (AvgIpc) is 3.03. The summed E-state index contributed by atoms with van der Waals surface area (Å²) < 4.78 is 0. The van der Waals surface area contributed by atoms with Gasteiger partial charge in [-0.15, -0.1) is 0 Å². The van der Waals surface area contributed by atoms with Crippen molar-refractivity contribution in [3.63, 3.8) is 0 Å². The van der Waals surface area contributed by atoms with E-state index in [1.807, 2.05) is 0 Å². The van der Waals surface area contributed by atoms with Crippen molar-refractivity contribution in [1.29, 1.82) is 0 Å². The fourth-order valence-corrected chi connectivity index (χ4v) is 5.87. The molecule has 0 aliphatic carbocycles. The van der Waals surface area contributed by atoms with Crippen molar-refractivity contribution in [2.45, 2.75) is 142 Å². The number of aryl methyl sites for hydroxylation is 1. The Morgan fingerprint density at radius 3 is 1.12 bits per heavy atom. The van der Waals surface area contributed by atoms with E-state index in [2.05, 4.69) is 96.4 Å². The predicted octanol–water partition coefficient (Wildman–Crippen LogP) is 12.5. The first-order valence-electron chi connectivity index (χ1n) is 17.5. The SMILES string of the molecule is CCCCCCCCCCCCCCCCCCCCc1cc(NCc2ccccc2)cc(NCc2ccccc2)c1. The summed E-state index contributed by atoms with van der Waals surface area (Å²) in [6.45, 7) is 4.00. The molecule has 3 rings (SSSR count). The summed E-state index contributed by atoms with van der Waals surface area (Å²) in [7, 11) is 0. The molecule has 2 heteroatoms. The Hall–Kier alpha value is -2.74. The molecule has 0 spiro atoms. The standard InChI is InChI=1S/C40H60N2/c1-2-3-4-5-6-7-8-9-10-11-12-13-14-15-16-17-18-21-30-38-31-39(41-34-36-26-22-19-23-27-36)33-40(32-38)42-35-37-28-24-20-25-29-37/h19-20,22-29,31-33,41-42H,2-18,21,30,34-35H2,1H3. The maximum Gasteiger partial charge on any atom is 0.0400 e. The molecule has 0 bridgehead atoms. The zero-order chi connectivity index (χ0) is 29.3. The van der Waals surface area contributed by atoms with E-state index >= 15 is 0 Å². The van der Waals surface area contributed by atoms with Gasteiger partial charge in [-0.3, -0.25) is 0 Å². The molecule has 2 N–H and O–H groups in total. The van der Waals surface area contributed by atoms with Gasteiger partial charge in [-0.25, -0.2) is 0 Å². The van der Waals surface area contributed by atoms with Gasteiger partial charge < -0.3 is 10.6 Å². The molecule has 42 heavy (non-hydrogen) atoms. The second-order valence-electron chi connectivity index (χ2n) is 12.4. The highest BCUT2D eigenvalue weighted by molar-refractivity contribution is 5.59. The van der Waals surface area contributed by atoms with Crippen molar-refractivity contribution in [3.8, 4) is 0 Å². The summed E-state index contributed by atoms with van der Waals surface area (Å²) in [6.07, 6.45) is 26.8. The van der Waals surface area contributed by atoms with Crippen LogP contribution in [0.3, 0.4) is 0 Å². The van der Waals surface area contributed by atoms with Gasteiger partial charge in [0, 0.05) is 24.5 Å². The van der Waals surface area contributed by atoms with Crippen LogP contribution in [0.5, 0.6) is 0 Å². The van der Waals surface area contributed by atoms with Crippen LogP contribution in [0.15, 0.2) is 78.9 Å². The summed E-state index contributed by atoms with van der Waals surface area (Å²) in [5.74, 6) is 0. The third-order valence-corrected chi connectivity index (χ3v) is 8.49. The number of hydrogen-bond donors (Lipinski definition) is 2. The number of unbranched alkanes of at least 4 members (excludes halogenated alkanes) is 17. The predicted molar refractivity (Wildman–Crippen MR) is 186 cm³/mol. The van der Waals surface area contributed by atoms with Gasteiger partial charge >= 0.3 is 0 Å². The Morgan fingerprint density at radius 1 is 0.381 bits per heavy atom. The van der Waals surface area contributed by atoms with Crippen LogP contribution in [0.2, 0.25) is 0 Å². The quantitative estimate of drug-likeness (QED) is 0.0993. The second-order valence-corrected chi connectivity index (χ2v) is 12.4. The van der Waals surface area contributed by atoms with Crippen LogP contribution >= 0.6 is 0 Å². The zero-order valence-corrected chi connectivity index (χ0v) is 26.9. The molecule has 0 aliphatic heterocycles. The lowest BCUT2D eigenvalue weighted by Gasteiger charge is -2.14. The van der Waals surface area contributed by atoms with E-state index in [1.165, 1.54) is 144 Å². The van der Waals surface area contributed by atoms with Gasteiger partial charge in [0.2, 0.25) is 0 Å². The first-order valence-corrected chi connectivity index (χ1v) is 17.5. The topological polar surface area (TPSA) is 24.1 Å². The Bertz CT molecular complexity index is 968. The molecule has 0 saturated carbocycles. The van der Waals surface area contributed by atoms with E-state index in [-0.39, 0.29) is 0 Å². The number of benzene rings is 3. The van der Waals surface area contributed by atoms with Gasteiger partial charge in [0.05, 0.1) is 0 Å². The molecule has 2 nitrogen and oxygen atoms in total. The Kier molecular flexibility index (Phi) is 18.3. The van der Waals surface area contributed by atoms with Gasteiger partial charge in [-0.05, 0) is 47.7 Å². The molecule has 0 saturated heterocycles. The van der Waals surface area contributed by atoms with Crippen molar-refractivity contribution >= 4 is 11.4 Å². The smallest absolute Gasteiger partial charge is 0.0400 e. The minimum Gasteiger partial charge on any atom is -0.381 e. The Labute approximate surface area is 259 Å². The van der Waals surface area contributed by atoms with E-state index < -0.39 is 0 Å². The molecular formula is C40H60N2. The molecule has 0 aliphatic rings. The normalized spacial score (nSPS) is 11.1. The fraction of sp³-hybridized carbons (Fsp3) is 0.550. The van der Waals surface area contributed by atoms with Gasteiger partial charge in [-0.1, -0.05) is 177 Å². The molecule has 230 valence electrons. The van der Waals surface area contributed by atoms with Crippen molar-refractivity contribution in [3.05, 3.63) is 95.6 Å². The molecule has 0 amide bonds. The van der Waals surface area contributed by atoms with Crippen LogP contribution in [0.25, 0.3) is 0 Å². The van der Waals surface area contributed by atoms with Gasteiger partial charge in [0.1, 0.15) is 0 Å². The van der Waals surface area contributed by atoms with E-state index in [4.69, 9.17) is 0 Å². The molecule has 3 aromatic rings. The lowest BCUT2D eigenvalue weighted by Crippen LogP contribution is -2.03. The van der Waals surface area contributed by atoms with Crippen molar-refractivity contribution in [1.82, 2.24) is 0 Å². The van der Waals surface area contributed by atoms with E-state index in [0.717, 1.165) is 19.5 Å². The molecule has 3 aromatic carbocycles. The molecule has 0 atom stereocenters. The van der Waals surface area contributed by atoms with Crippen LogP contribution in [0, 0.1) is 0 Å². The monoisotopic (exact) mass is 568 g/mol. The number of rotatable bonds is 25. The van der Waals surface area contributed by atoms with Gasteiger partial charge in [-0.2, -0.15) is 0 Å². The van der Waals surface area contributed by atoms with Gasteiger partial charge in [0.15, 0.2) is 0 Å². The first kappa shape index (κ1) is 33.8. The first-order chi connectivity index (χ1) is 20.8. The molecular weight excluding hydrogens is 508 g/mol. The van der Waals surface area contributed by atoms with Crippen molar-refractivity contribution < 1.29 is 0 Å². The third kappa shape index (κ3) is 16.0. The van der Waals surface area contributed by atoms with Crippen molar-refractivity contribution in [2.75, 3.05) is 10.6 Å². The minimum absolute atomic E-state index is 0.849. The average molecular weight is 569 g/mol. The highest BCUT2D eigenvalue weighted by Gasteiger charge is 2.04. The summed E-state index contributed by atoms with van der Waals surface area (Å²) in [5.41, 5.74) is 6.46. The van der Waals surface area contributed by atoms with Crippen LogP contribution in [-0.2, 0) is 19.5 Å². The number of hydrogen-bond acceptors (Lipinski definition) is 2. The summed E-state index contributed by atoms with van der Waals surface area (Å²) in [4.78, 5) is 0.